The summed E-state index contributed by atoms with van der Waals surface area (Å²) in [6.07, 6.45) is -10.2. The predicted molar refractivity (Wildman–Crippen MR) is 225 cm³/mol. The monoisotopic (exact) mass is 875 g/mol. The molecule has 6 rings (SSSR count). The van der Waals surface area contributed by atoms with Gasteiger partial charge in [0.15, 0.2) is 24.8 Å². The molecule has 2 aliphatic heterocycles. The average molecular weight is 876 g/mol. The summed E-state index contributed by atoms with van der Waals surface area (Å²) >= 11 is 6.02. The molecule has 2 aliphatic rings. The van der Waals surface area contributed by atoms with Gasteiger partial charge in [-0.05, 0) is 22.3 Å². The number of nitrogens with one attached hydrogen (secondary N) is 1. The Kier molecular flexibility index (Phi) is 18.2. The number of carbonyl (C=O) groups is 3. The fourth-order valence-electron chi connectivity index (χ4n) is 7.37. The summed E-state index contributed by atoms with van der Waals surface area (Å²) in [5.41, 5.74) is 3.53. The maximum Gasteiger partial charge on any atom is 0.321 e. The van der Waals surface area contributed by atoms with Crippen LogP contribution in [0.1, 0.15) is 36.1 Å². The van der Waals surface area contributed by atoms with Crippen molar-refractivity contribution < 1.29 is 61.8 Å². The number of esters is 2. The molecule has 15 heteroatoms. The summed E-state index contributed by atoms with van der Waals surface area (Å²) in [5, 5.41) is 2.92. The first-order chi connectivity index (χ1) is 30.2. The van der Waals surface area contributed by atoms with Crippen LogP contribution in [0, 0.1) is 0 Å². The van der Waals surface area contributed by atoms with Crippen LogP contribution in [0.5, 0.6) is 0 Å². The summed E-state index contributed by atoms with van der Waals surface area (Å²) in [4.78, 5) is 39.0. The molecule has 2 heterocycles. The molecule has 0 aromatic heterocycles. The van der Waals surface area contributed by atoms with E-state index < -0.39 is 85.1 Å². The molecule has 4 aromatic carbocycles. The molecular formula is C47H54ClNO13. The van der Waals surface area contributed by atoms with Gasteiger partial charge in [0.05, 0.1) is 39.6 Å². The summed E-state index contributed by atoms with van der Waals surface area (Å²) in [5.74, 6) is -2.43. The zero-order valence-corrected chi connectivity index (χ0v) is 35.7. The van der Waals surface area contributed by atoms with Crippen LogP contribution in [-0.2, 0) is 88.2 Å². The normalized spacial score (nSPS) is 26.0. The molecule has 0 unspecified atom stereocenters. The van der Waals surface area contributed by atoms with Crippen molar-refractivity contribution in [3.05, 3.63) is 144 Å². The highest BCUT2D eigenvalue weighted by Gasteiger charge is 2.56. The van der Waals surface area contributed by atoms with Crippen LogP contribution in [0.3, 0.4) is 0 Å². The van der Waals surface area contributed by atoms with E-state index in [1.807, 2.05) is 121 Å². The molecular weight excluding hydrogens is 822 g/mol. The van der Waals surface area contributed by atoms with Crippen LogP contribution in [0.25, 0.3) is 0 Å². The van der Waals surface area contributed by atoms with E-state index in [1.165, 1.54) is 21.0 Å². The lowest BCUT2D eigenvalue weighted by Gasteiger charge is -2.49. The van der Waals surface area contributed by atoms with Crippen LogP contribution in [0.2, 0.25) is 0 Å². The number of benzene rings is 4. The highest BCUT2D eigenvalue weighted by molar-refractivity contribution is 6.26. The minimum atomic E-state index is -1.47. The fraction of sp³-hybridized carbons (Fsp3) is 0.426. The number of hydrogen-bond acceptors (Lipinski definition) is 13. The van der Waals surface area contributed by atoms with E-state index in [1.54, 1.807) is 0 Å². The zero-order valence-electron chi connectivity index (χ0n) is 35.0. The molecule has 1 N–H and O–H groups in total. The SMILES string of the molecule is CO[C@H]1O[C@H](COCc2ccccc2)[C@@H](OCc2ccccc2)[C@H](O[C@@H]2O[C@H](COCc3ccccc3)[C@H](OCc3ccccc3)[C@H](OC(=O)CCl)[C@H]2OC(C)=O)[C@H]1NC(C)=O. The van der Waals surface area contributed by atoms with Gasteiger partial charge in [0, 0.05) is 21.0 Å². The van der Waals surface area contributed by atoms with E-state index >= 15 is 0 Å². The van der Waals surface area contributed by atoms with E-state index in [4.69, 9.17) is 59.0 Å². The largest absolute Gasteiger partial charge is 0.454 e. The molecule has 10 atom stereocenters. The van der Waals surface area contributed by atoms with Crippen molar-refractivity contribution in [2.24, 2.45) is 0 Å². The summed E-state index contributed by atoms with van der Waals surface area (Å²) < 4.78 is 63.5. The Labute approximate surface area is 366 Å². The number of hydrogen-bond donors (Lipinski definition) is 1. The number of halogens is 1. The molecule has 0 radical (unpaired) electrons. The molecule has 4 aromatic rings. The summed E-state index contributed by atoms with van der Waals surface area (Å²) in [6, 6.07) is 37.1. The number of amides is 1. The molecule has 0 bridgehead atoms. The molecule has 62 heavy (non-hydrogen) atoms. The lowest BCUT2D eigenvalue weighted by Crippen LogP contribution is -2.69. The first-order valence-corrected chi connectivity index (χ1v) is 21.0. The highest BCUT2D eigenvalue weighted by Crippen LogP contribution is 2.35. The van der Waals surface area contributed by atoms with Crippen molar-refractivity contribution in [3.63, 3.8) is 0 Å². The van der Waals surface area contributed by atoms with E-state index in [-0.39, 0.29) is 39.6 Å². The molecule has 1 amide bonds. The Morgan fingerprint density at radius 1 is 0.565 bits per heavy atom. The Hall–Kier alpha value is -4.74. The van der Waals surface area contributed by atoms with Crippen molar-refractivity contribution in [1.29, 1.82) is 0 Å². The van der Waals surface area contributed by atoms with E-state index in [0.29, 0.717) is 0 Å². The van der Waals surface area contributed by atoms with Crippen LogP contribution in [0.15, 0.2) is 121 Å². The minimum absolute atomic E-state index is 0.0288. The van der Waals surface area contributed by atoms with Gasteiger partial charge in [-0.2, -0.15) is 0 Å². The first kappa shape index (κ1) is 46.8. The second-order valence-electron chi connectivity index (χ2n) is 14.8. The highest BCUT2D eigenvalue weighted by atomic mass is 35.5. The van der Waals surface area contributed by atoms with Gasteiger partial charge in [-0.15, -0.1) is 11.6 Å². The van der Waals surface area contributed by atoms with E-state index in [0.717, 1.165) is 22.3 Å². The Bertz CT molecular complexity index is 1950. The molecule has 2 fully saturated rings. The van der Waals surface area contributed by atoms with E-state index in [9.17, 15) is 14.4 Å². The van der Waals surface area contributed by atoms with Gasteiger partial charge >= 0.3 is 11.9 Å². The van der Waals surface area contributed by atoms with Crippen molar-refractivity contribution >= 4 is 29.4 Å². The Morgan fingerprint density at radius 3 is 1.42 bits per heavy atom. The number of carbonyl (C=O) groups excluding carboxylic acids is 3. The average Bonchev–Trinajstić information content (AvgIpc) is 3.28. The number of alkyl halides is 1. The van der Waals surface area contributed by atoms with Gasteiger partial charge in [-0.1, -0.05) is 121 Å². The van der Waals surface area contributed by atoms with Crippen molar-refractivity contribution in [1.82, 2.24) is 5.32 Å². The van der Waals surface area contributed by atoms with Gasteiger partial charge < -0.3 is 52.7 Å². The van der Waals surface area contributed by atoms with Gasteiger partial charge in [0.1, 0.15) is 42.4 Å². The molecule has 332 valence electrons. The van der Waals surface area contributed by atoms with Gasteiger partial charge in [-0.3, -0.25) is 14.4 Å². The van der Waals surface area contributed by atoms with Gasteiger partial charge in [-0.25, -0.2) is 0 Å². The number of ether oxygens (including phenoxy) is 10. The summed E-state index contributed by atoms with van der Waals surface area (Å²) in [6.45, 7) is 3.22. The van der Waals surface area contributed by atoms with Crippen molar-refractivity contribution in [3.8, 4) is 0 Å². The summed E-state index contributed by atoms with van der Waals surface area (Å²) in [7, 11) is 1.44. The van der Waals surface area contributed by atoms with Crippen molar-refractivity contribution in [2.75, 3.05) is 26.2 Å². The Morgan fingerprint density at radius 2 is 1.00 bits per heavy atom. The maximum atomic E-state index is 13.1. The van der Waals surface area contributed by atoms with Crippen LogP contribution < -0.4 is 5.32 Å². The van der Waals surface area contributed by atoms with Crippen molar-refractivity contribution in [2.45, 2.75) is 102 Å². The third-order valence-corrected chi connectivity index (χ3v) is 10.4. The lowest BCUT2D eigenvalue weighted by atomic mass is 9.94. The second kappa shape index (κ2) is 24.2. The molecule has 0 saturated carbocycles. The number of rotatable bonds is 21. The topological polar surface area (TPSA) is 156 Å². The third-order valence-electron chi connectivity index (χ3n) is 10.2. The molecule has 0 aliphatic carbocycles. The van der Waals surface area contributed by atoms with Crippen LogP contribution in [-0.4, -0.2) is 105 Å². The fourth-order valence-corrected chi connectivity index (χ4v) is 7.43. The predicted octanol–water partition coefficient (Wildman–Crippen LogP) is 5.66. The Balaban J connectivity index is 1.38. The quantitative estimate of drug-likeness (QED) is 0.0810. The first-order valence-electron chi connectivity index (χ1n) is 20.5. The van der Waals surface area contributed by atoms with E-state index in [2.05, 4.69) is 5.32 Å². The molecule has 0 spiro atoms. The lowest BCUT2D eigenvalue weighted by molar-refractivity contribution is -0.353. The van der Waals surface area contributed by atoms with Crippen LogP contribution in [0.4, 0.5) is 0 Å². The smallest absolute Gasteiger partial charge is 0.321 e. The zero-order chi connectivity index (χ0) is 43.7. The maximum absolute atomic E-state index is 13.1. The third kappa shape index (κ3) is 13.6. The molecule has 2 saturated heterocycles. The van der Waals surface area contributed by atoms with Gasteiger partial charge in [0.25, 0.3) is 0 Å². The molecule has 14 nitrogen and oxygen atoms in total. The number of methoxy groups -OCH3 is 1. The van der Waals surface area contributed by atoms with Gasteiger partial charge in [0.2, 0.25) is 5.91 Å². The second-order valence-corrected chi connectivity index (χ2v) is 15.1. The minimum Gasteiger partial charge on any atom is -0.454 e. The standard InChI is InChI=1S/C47H54ClNO13/c1-31(50)49-40-43(41(56-27-35-20-12-6-13-21-35)37(59-46(40)53-3)29-54-25-33-16-8-4-9-17-33)62-47-45(58-32(2)51)44(61-39(52)24-48)42(57-28-36-22-14-7-15-23-36)38(60-47)30-55-26-34-18-10-5-11-19-34/h4-23,37-38,40-47H,24-30H2,1-3H3,(H,49,50)/t37-,38-,40-,41-,42+,43-,44+,45-,46+,47+/m1/s1. The van der Waals surface area contributed by atoms with Crippen LogP contribution >= 0.6 is 11.6 Å².